The topological polar surface area (TPSA) is 6.48 Å². The van der Waals surface area contributed by atoms with Crippen molar-refractivity contribution in [2.24, 2.45) is 11.8 Å². The second kappa shape index (κ2) is 6.93. The lowest BCUT2D eigenvalue weighted by Crippen LogP contribution is -2.46. The van der Waals surface area contributed by atoms with Gasteiger partial charge in [-0.25, -0.2) is 0 Å². The molecule has 1 aliphatic carbocycles. The van der Waals surface area contributed by atoms with E-state index in [0.29, 0.717) is 0 Å². The molecule has 0 amide bonds. The van der Waals surface area contributed by atoms with Crippen LogP contribution in [0.4, 0.5) is 0 Å². The predicted molar refractivity (Wildman–Crippen MR) is 89.4 cm³/mol. The van der Waals surface area contributed by atoms with Crippen molar-refractivity contribution in [2.75, 3.05) is 32.7 Å². The molecular formula is C19H30N2. The molecule has 2 aliphatic rings. The SMILES string of the molecule is CC(C)Cc1ccc(CN2CCN(CC3CC3)CC2)cc1. The summed E-state index contributed by atoms with van der Waals surface area (Å²) in [5.74, 6) is 1.78. The highest BCUT2D eigenvalue weighted by Gasteiger charge is 2.26. The van der Waals surface area contributed by atoms with Gasteiger partial charge in [0.1, 0.15) is 0 Å². The van der Waals surface area contributed by atoms with Crippen molar-refractivity contribution in [2.45, 2.75) is 39.7 Å². The first-order chi connectivity index (χ1) is 10.2. The van der Waals surface area contributed by atoms with E-state index in [1.165, 1.54) is 63.1 Å². The van der Waals surface area contributed by atoms with E-state index in [9.17, 15) is 0 Å². The maximum atomic E-state index is 2.67. The van der Waals surface area contributed by atoms with Crippen LogP contribution < -0.4 is 0 Å². The van der Waals surface area contributed by atoms with E-state index in [1.807, 2.05) is 0 Å². The van der Waals surface area contributed by atoms with E-state index in [-0.39, 0.29) is 0 Å². The predicted octanol–water partition coefficient (Wildman–Crippen LogP) is 3.41. The molecule has 0 unspecified atom stereocenters. The number of rotatable bonds is 6. The van der Waals surface area contributed by atoms with Gasteiger partial charge >= 0.3 is 0 Å². The number of hydrogen-bond donors (Lipinski definition) is 0. The van der Waals surface area contributed by atoms with Crippen molar-refractivity contribution < 1.29 is 0 Å². The summed E-state index contributed by atoms with van der Waals surface area (Å²) in [6.45, 7) is 12.1. The zero-order chi connectivity index (χ0) is 14.7. The molecule has 2 nitrogen and oxygen atoms in total. The largest absolute Gasteiger partial charge is 0.301 e. The van der Waals surface area contributed by atoms with Gasteiger partial charge in [0.05, 0.1) is 0 Å². The Kier molecular flexibility index (Phi) is 4.97. The van der Waals surface area contributed by atoms with Gasteiger partial charge in [-0.1, -0.05) is 38.1 Å². The Hall–Kier alpha value is -0.860. The van der Waals surface area contributed by atoms with Gasteiger partial charge in [0, 0.05) is 39.3 Å². The Morgan fingerprint density at radius 2 is 1.48 bits per heavy atom. The maximum absolute atomic E-state index is 2.67. The lowest BCUT2D eigenvalue weighted by Gasteiger charge is -2.34. The molecule has 1 aromatic rings. The molecule has 0 N–H and O–H groups in total. The summed E-state index contributed by atoms with van der Waals surface area (Å²) in [6, 6.07) is 9.29. The molecule has 3 rings (SSSR count). The van der Waals surface area contributed by atoms with Crippen molar-refractivity contribution in [3.05, 3.63) is 35.4 Å². The molecule has 0 spiro atoms. The molecule has 1 aliphatic heterocycles. The first kappa shape index (κ1) is 15.1. The highest BCUT2D eigenvalue weighted by Crippen LogP contribution is 2.30. The molecule has 1 heterocycles. The zero-order valence-electron chi connectivity index (χ0n) is 13.7. The van der Waals surface area contributed by atoms with Crippen LogP contribution in [-0.2, 0) is 13.0 Å². The minimum atomic E-state index is 0.746. The highest BCUT2D eigenvalue weighted by atomic mass is 15.3. The molecule has 0 atom stereocenters. The summed E-state index contributed by atoms with van der Waals surface area (Å²) < 4.78 is 0. The van der Waals surface area contributed by atoms with Crippen LogP contribution in [-0.4, -0.2) is 42.5 Å². The number of piperazine rings is 1. The second-order valence-electron chi connectivity index (χ2n) is 7.43. The van der Waals surface area contributed by atoms with Gasteiger partial charge in [0.2, 0.25) is 0 Å². The van der Waals surface area contributed by atoms with E-state index in [0.717, 1.165) is 18.4 Å². The van der Waals surface area contributed by atoms with E-state index >= 15 is 0 Å². The summed E-state index contributed by atoms with van der Waals surface area (Å²) in [5.41, 5.74) is 2.95. The smallest absolute Gasteiger partial charge is 0.0234 e. The van der Waals surface area contributed by atoms with Gasteiger partial charge in [0.25, 0.3) is 0 Å². The van der Waals surface area contributed by atoms with Crippen LogP contribution in [0.1, 0.15) is 37.8 Å². The zero-order valence-corrected chi connectivity index (χ0v) is 13.7. The molecular weight excluding hydrogens is 256 g/mol. The average molecular weight is 286 g/mol. The Morgan fingerprint density at radius 1 is 0.905 bits per heavy atom. The van der Waals surface area contributed by atoms with E-state index in [1.54, 1.807) is 0 Å². The lowest BCUT2D eigenvalue weighted by atomic mass is 10.0. The molecule has 1 aromatic carbocycles. The van der Waals surface area contributed by atoms with Crippen LogP contribution in [0.15, 0.2) is 24.3 Å². The molecule has 0 bridgehead atoms. The van der Waals surface area contributed by atoms with Crippen LogP contribution in [0.2, 0.25) is 0 Å². The number of hydrogen-bond acceptors (Lipinski definition) is 2. The van der Waals surface area contributed by atoms with E-state index < -0.39 is 0 Å². The Morgan fingerprint density at radius 3 is 2.05 bits per heavy atom. The van der Waals surface area contributed by atoms with Crippen molar-refractivity contribution in [1.82, 2.24) is 9.80 Å². The Balaban J connectivity index is 1.43. The Labute approximate surface area is 130 Å². The summed E-state index contributed by atoms with van der Waals surface area (Å²) in [6.07, 6.45) is 4.14. The van der Waals surface area contributed by atoms with Gasteiger partial charge in [-0.05, 0) is 42.2 Å². The Bertz CT molecular complexity index is 425. The van der Waals surface area contributed by atoms with Gasteiger partial charge in [-0.3, -0.25) is 4.90 Å². The average Bonchev–Trinajstić information content (AvgIpc) is 3.27. The van der Waals surface area contributed by atoms with Crippen LogP contribution in [0.5, 0.6) is 0 Å². The quantitative estimate of drug-likeness (QED) is 0.790. The third-order valence-corrected chi connectivity index (χ3v) is 4.75. The van der Waals surface area contributed by atoms with Crippen LogP contribution in [0.3, 0.4) is 0 Å². The first-order valence-corrected chi connectivity index (χ1v) is 8.71. The summed E-state index contributed by atoms with van der Waals surface area (Å²) in [7, 11) is 0. The fourth-order valence-corrected chi connectivity index (χ4v) is 3.31. The normalized spacial score (nSPS) is 21.1. The molecule has 2 fully saturated rings. The summed E-state index contributed by atoms with van der Waals surface area (Å²) in [5, 5.41) is 0. The second-order valence-corrected chi connectivity index (χ2v) is 7.43. The summed E-state index contributed by atoms with van der Waals surface area (Å²) in [4.78, 5) is 5.28. The third-order valence-electron chi connectivity index (χ3n) is 4.75. The van der Waals surface area contributed by atoms with E-state index in [2.05, 4.69) is 47.9 Å². The maximum Gasteiger partial charge on any atom is 0.0234 e. The van der Waals surface area contributed by atoms with Crippen molar-refractivity contribution in [3.8, 4) is 0 Å². The molecule has 1 saturated heterocycles. The minimum Gasteiger partial charge on any atom is -0.301 e. The third kappa shape index (κ3) is 4.82. The molecule has 1 saturated carbocycles. The molecule has 0 aromatic heterocycles. The molecule has 116 valence electrons. The minimum absolute atomic E-state index is 0.746. The fraction of sp³-hybridized carbons (Fsp3) is 0.684. The van der Waals surface area contributed by atoms with Gasteiger partial charge in [0.15, 0.2) is 0 Å². The van der Waals surface area contributed by atoms with Crippen molar-refractivity contribution in [1.29, 1.82) is 0 Å². The molecule has 2 heteroatoms. The van der Waals surface area contributed by atoms with Crippen molar-refractivity contribution in [3.63, 3.8) is 0 Å². The van der Waals surface area contributed by atoms with Crippen LogP contribution in [0, 0.1) is 11.8 Å². The molecule has 0 radical (unpaired) electrons. The highest BCUT2D eigenvalue weighted by molar-refractivity contribution is 5.22. The van der Waals surface area contributed by atoms with E-state index in [4.69, 9.17) is 0 Å². The van der Waals surface area contributed by atoms with Gasteiger partial charge < -0.3 is 4.90 Å². The van der Waals surface area contributed by atoms with Crippen LogP contribution in [0.25, 0.3) is 0 Å². The lowest BCUT2D eigenvalue weighted by molar-refractivity contribution is 0.123. The fourth-order valence-electron chi connectivity index (χ4n) is 3.31. The number of nitrogens with zero attached hydrogens (tertiary/aromatic N) is 2. The van der Waals surface area contributed by atoms with Crippen molar-refractivity contribution >= 4 is 0 Å². The van der Waals surface area contributed by atoms with Crippen LogP contribution >= 0.6 is 0 Å². The molecule has 21 heavy (non-hydrogen) atoms. The van der Waals surface area contributed by atoms with Gasteiger partial charge in [-0.15, -0.1) is 0 Å². The summed E-state index contributed by atoms with van der Waals surface area (Å²) >= 11 is 0. The van der Waals surface area contributed by atoms with Gasteiger partial charge in [-0.2, -0.15) is 0 Å². The first-order valence-electron chi connectivity index (χ1n) is 8.71. The monoisotopic (exact) mass is 286 g/mol. The standard InChI is InChI=1S/C19H30N2/c1-16(2)13-17-3-5-18(6-4-17)14-20-9-11-21(12-10-20)15-19-7-8-19/h3-6,16,19H,7-15H2,1-2H3. The number of benzene rings is 1.